The summed E-state index contributed by atoms with van der Waals surface area (Å²) in [6.45, 7) is 0. The Balaban J connectivity index is 2.45. The number of anilines is 3. The average molecular weight is 402 g/mol. The van der Waals surface area contributed by atoms with E-state index in [1.807, 2.05) is 12.1 Å². The summed E-state index contributed by atoms with van der Waals surface area (Å²) in [5.41, 5.74) is 3.53. The number of nitro benzene ring substituents is 1. The Bertz CT molecular complexity index is 664. The van der Waals surface area contributed by atoms with E-state index in [9.17, 15) is 10.1 Å². The topological polar surface area (TPSA) is 93.2 Å². The maximum Gasteiger partial charge on any atom is 0.316 e. The minimum atomic E-state index is -0.482. The van der Waals surface area contributed by atoms with Gasteiger partial charge in [0.2, 0.25) is 0 Å². The number of hydrogen-bond acceptors (Lipinski definition) is 5. The number of rotatable bonds is 4. The molecule has 4 N–H and O–H groups in total. The van der Waals surface area contributed by atoms with Crippen molar-refractivity contribution >= 4 is 54.6 Å². The van der Waals surface area contributed by atoms with Crippen molar-refractivity contribution in [3.8, 4) is 0 Å². The van der Waals surface area contributed by atoms with Crippen molar-refractivity contribution in [3.05, 3.63) is 55.5 Å². The van der Waals surface area contributed by atoms with Crippen LogP contribution < -0.4 is 16.6 Å². The van der Waals surface area contributed by atoms with Crippen LogP contribution in [-0.2, 0) is 0 Å². The smallest absolute Gasteiger partial charge is 0.316 e. The molecule has 104 valence electrons. The Labute approximate surface area is 131 Å². The molecule has 0 saturated heterocycles. The summed E-state index contributed by atoms with van der Waals surface area (Å²) in [5, 5.41) is 14.2. The lowest BCUT2D eigenvalue weighted by atomic mass is 10.2. The van der Waals surface area contributed by atoms with Gasteiger partial charge in [0.15, 0.2) is 0 Å². The highest BCUT2D eigenvalue weighted by molar-refractivity contribution is 9.11. The minimum absolute atomic E-state index is 0.107. The minimum Gasteiger partial charge on any atom is -0.349 e. The van der Waals surface area contributed by atoms with Crippen molar-refractivity contribution in [3.63, 3.8) is 0 Å². The lowest BCUT2D eigenvalue weighted by Crippen LogP contribution is -2.10. The number of para-hydroxylation sites is 1. The van der Waals surface area contributed by atoms with Crippen LogP contribution >= 0.6 is 31.9 Å². The second kappa shape index (κ2) is 6.21. The monoisotopic (exact) mass is 400 g/mol. The van der Waals surface area contributed by atoms with E-state index in [1.54, 1.807) is 24.3 Å². The SMILES string of the molecule is NNc1cccc(Nc2ccc(Br)cc2Br)c1[N+](=O)[O-]. The average Bonchev–Trinajstić information content (AvgIpc) is 2.41. The molecule has 0 heterocycles. The van der Waals surface area contributed by atoms with E-state index in [0.717, 1.165) is 8.95 Å². The first-order valence-electron chi connectivity index (χ1n) is 5.49. The summed E-state index contributed by atoms with van der Waals surface area (Å²) in [6, 6.07) is 10.3. The van der Waals surface area contributed by atoms with Crippen LogP contribution in [0.5, 0.6) is 0 Å². The maximum atomic E-state index is 11.2. The van der Waals surface area contributed by atoms with Crippen molar-refractivity contribution < 1.29 is 4.92 Å². The summed E-state index contributed by atoms with van der Waals surface area (Å²) in [4.78, 5) is 10.7. The Morgan fingerprint density at radius 3 is 2.40 bits per heavy atom. The lowest BCUT2D eigenvalue weighted by Gasteiger charge is -2.11. The number of nitrogens with one attached hydrogen (secondary N) is 2. The van der Waals surface area contributed by atoms with E-state index in [-0.39, 0.29) is 11.4 Å². The van der Waals surface area contributed by atoms with Crippen molar-refractivity contribution in [2.24, 2.45) is 5.84 Å². The van der Waals surface area contributed by atoms with Gasteiger partial charge in [0, 0.05) is 8.95 Å². The molecule has 0 unspecified atom stereocenters. The zero-order valence-electron chi connectivity index (χ0n) is 10.1. The van der Waals surface area contributed by atoms with Gasteiger partial charge in [0.25, 0.3) is 0 Å². The number of nitro groups is 1. The molecule has 6 nitrogen and oxygen atoms in total. The van der Waals surface area contributed by atoms with Gasteiger partial charge < -0.3 is 10.7 Å². The van der Waals surface area contributed by atoms with E-state index in [2.05, 4.69) is 42.6 Å². The summed E-state index contributed by atoms with van der Waals surface area (Å²) in [6.07, 6.45) is 0. The fourth-order valence-corrected chi connectivity index (χ4v) is 2.84. The van der Waals surface area contributed by atoms with Gasteiger partial charge >= 0.3 is 5.69 Å². The third-order valence-electron chi connectivity index (χ3n) is 2.57. The van der Waals surface area contributed by atoms with Gasteiger partial charge in [-0.1, -0.05) is 22.0 Å². The Morgan fingerprint density at radius 1 is 1.10 bits per heavy atom. The number of nitrogens with zero attached hydrogens (tertiary/aromatic N) is 1. The standard InChI is InChI=1S/C12H10Br2N4O2/c13-7-4-5-9(8(14)6-7)16-10-2-1-3-11(17-15)12(10)18(19)20/h1-6,16-17H,15H2. The first-order chi connectivity index (χ1) is 9.52. The second-order valence-corrected chi connectivity index (χ2v) is 5.62. The fourth-order valence-electron chi connectivity index (χ4n) is 1.69. The van der Waals surface area contributed by atoms with Gasteiger partial charge in [-0.25, -0.2) is 0 Å². The largest absolute Gasteiger partial charge is 0.349 e. The van der Waals surface area contributed by atoms with E-state index in [1.165, 1.54) is 0 Å². The molecule has 0 aliphatic heterocycles. The third kappa shape index (κ3) is 3.09. The molecule has 0 amide bonds. The molecule has 0 saturated carbocycles. The molecule has 0 fully saturated rings. The second-order valence-electron chi connectivity index (χ2n) is 3.85. The molecule has 20 heavy (non-hydrogen) atoms. The van der Waals surface area contributed by atoms with Crippen molar-refractivity contribution in [1.82, 2.24) is 0 Å². The molecule has 2 aromatic carbocycles. The van der Waals surface area contributed by atoms with Gasteiger partial charge in [0.05, 0.1) is 10.6 Å². The lowest BCUT2D eigenvalue weighted by molar-refractivity contribution is -0.383. The van der Waals surface area contributed by atoms with Crippen LogP contribution in [0, 0.1) is 10.1 Å². The van der Waals surface area contributed by atoms with Crippen molar-refractivity contribution in [2.75, 3.05) is 10.7 Å². The maximum absolute atomic E-state index is 11.2. The highest BCUT2D eigenvalue weighted by Crippen LogP contribution is 2.36. The molecule has 2 rings (SSSR count). The number of hydrogen-bond donors (Lipinski definition) is 3. The molecule has 0 bridgehead atoms. The van der Waals surface area contributed by atoms with E-state index < -0.39 is 4.92 Å². The zero-order valence-corrected chi connectivity index (χ0v) is 13.2. The first kappa shape index (κ1) is 14.8. The van der Waals surface area contributed by atoms with Crippen LogP contribution in [0.3, 0.4) is 0 Å². The highest BCUT2D eigenvalue weighted by atomic mass is 79.9. The van der Waals surface area contributed by atoms with Crippen LogP contribution in [0.4, 0.5) is 22.7 Å². The summed E-state index contributed by atoms with van der Waals surface area (Å²) >= 11 is 6.75. The zero-order chi connectivity index (χ0) is 14.7. The Hall–Kier alpha value is -1.64. The van der Waals surface area contributed by atoms with E-state index in [4.69, 9.17) is 5.84 Å². The molecule has 2 aromatic rings. The molecule has 0 aromatic heterocycles. The van der Waals surface area contributed by atoms with E-state index >= 15 is 0 Å². The molecule has 8 heteroatoms. The number of nitrogens with two attached hydrogens (primary N) is 1. The highest BCUT2D eigenvalue weighted by Gasteiger charge is 2.19. The molecular formula is C12H10Br2N4O2. The summed E-state index contributed by atoms with van der Waals surface area (Å²) < 4.78 is 1.69. The summed E-state index contributed by atoms with van der Waals surface area (Å²) in [7, 11) is 0. The molecule has 0 spiro atoms. The van der Waals surface area contributed by atoms with Crippen LogP contribution in [0.15, 0.2) is 45.3 Å². The van der Waals surface area contributed by atoms with Gasteiger partial charge in [-0.15, -0.1) is 0 Å². The molecule has 0 aliphatic rings. The molecule has 0 radical (unpaired) electrons. The predicted octanol–water partition coefficient (Wildman–Crippen LogP) is 4.15. The number of halogens is 2. The quantitative estimate of drug-likeness (QED) is 0.406. The number of nitrogen functional groups attached to an aromatic ring is 1. The van der Waals surface area contributed by atoms with E-state index in [0.29, 0.717) is 11.4 Å². The molecule has 0 atom stereocenters. The van der Waals surface area contributed by atoms with Crippen molar-refractivity contribution in [1.29, 1.82) is 0 Å². The Morgan fingerprint density at radius 2 is 1.80 bits per heavy atom. The molecule has 0 aliphatic carbocycles. The van der Waals surface area contributed by atoms with Crippen molar-refractivity contribution in [2.45, 2.75) is 0 Å². The Kier molecular flexibility index (Phi) is 4.58. The molecular weight excluding hydrogens is 392 g/mol. The van der Waals surface area contributed by atoms with Gasteiger partial charge in [0.1, 0.15) is 11.4 Å². The number of benzene rings is 2. The third-order valence-corrected chi connectivity index (χ3v) is 3.72. The van der Waals surface area contributed by atoms with Gasteiger partial charge in [-0.05, 0) is 46.3 Å². The van der Waals surface area contributed by atoms with Gasteiger partial charge in [-0.2, -0.15) is 0 Å². The van der Waals surface area contributed by atoms with Crippen LogP contribution in [0.25, 0.3) is 0 Å². The van der Waals surface area contributed by atoms with Crippen LogP contribution in [-0.4, -0.2) is 4.92 Å². The summed E-state index contributed by atoms with van der Waals surface area (Å²) in [5.74, 6) is 5.30. The van der Waals surface area contributed by atoms with Crippen LogP contribution in [0.1, 0.15) is 0 Å². The number of hydrazine groups is 1. The van der Waals surface area contributed by atoms with Crippen LogP contribution in [0.2, 0.25) is 0 Å². The predicted molar refractivity (Wildman–Crippen MR) is 86.0 cm³/mol. The normalized spacial score (nSPS) is 10.2. The van der Waals surface area contributed by atoms with Gasteiger partial charge in [-0.3, -0.25) is 16.0 Å². The fraction of sp³-hybridized carbons (Fsp3) is 0. The first-order valence-corrected chi connectivity index (χ1v) is 7.07.